The summed E-state index contributed by atoms with van der Waals surface area (Å²) in [5.74, 6) is 1.63. The molecule has 0 spiro atoms. The summed E-state index contributed by atoms with van der Waals surface area (Å²) in [5, 5.41) is 7.79. The summed E-state index contributed by atoms with van der Waals surface area (Å²) in [7, 11) is 0. The second-order valence-corrected chi connectivity index (χ2v) is 4.75. The number of aromatic amines is 1. The van der Waals surface area contributed by atoms with E-state index in [1.54, 1.807) is 0 Å². The monoisotopic (exact) mass is 299 g/mol. The van der Waals surface area contributed by atoms with Crippen molar-refractivity contribution < 1.29 is 0 Å². The highest BCUT2D eigenvalue weighted by Gasteiger charge is 2.07. The maximum Gasteiger partial charge on any atom is 0.181 e. The summed E-state index contributed by atoms with van der Waals surface area (Å²) in [6.45, 7) is 2.11. The third-order valence-corrected chi connectivity index (χ3v) is 3.41. The fraction of sp³-hybridized carbons (Fsp3) is 0.273. The molecule has 0 atom stereocenters. The minimum absolute atomic E-state index is 0.688. The van der Waals surface area contributed by atoms with Crippen LogP contribution in [0.3, 0.4) is 0 Å². The zero-order valence-electron chi connectivity index (χ0n) is 8.80. The lowest BCUT2D eigenvalue weighted by molar-refractivity contribution is 0.841. The first-order valence-corrected chi connectivity index (χ1v) is 6.24. The van der Waals surface area contributed by atoms with Crippen molar-refractivity contribution in [2.24, 2.45) is 0 Å². The standard InChI is InChI=1S/C11H11BrClN3/c1-2-3-10-14-11(16-15-10)7-4-5-9(13)8(12)6-7/h4-6H,2-3H2,1H3,(H,14,15,16). The Morgan fingerprint density at radius 3 is 2.94 bits per heavy atom. The lowest BCUT2D eigenvalue weighted by Crippen LogP contribution is -1.85. The molecule has 1 heterocycles. The Morgan fingerprint density at radius 1 is 1.44 bits per heavy atom. The summed E-state index contributed by atoms with van der Waals surface area (Å²) >= 11 is 9.31. The van der Waals surface area contributed by atoms with Crippen LogP contribution in [0.1, 0.15) is 19.2 Å². The summed E-state index contributed by atoms with van der Waals surface area (Å²) in [6.07, 6.45) is 1.97. The van der Waals surface area contributed by atoms with E-state index >= 15 is 0 Å². The molecule has 1 aromatic carbocycles. The topological polar surface area (TPSA) is 41.6 Å². The van der Waals surface area contributed by atoms with Crippen molar-refractivity contribution in [2.75, 3.05) is 0 Å². The zero-order valence-corrected chi connectivity index (χ0v) is 11.1. The predicted octanol–water partition coefficient (Wildman–Crippen LogP) is 3.84. The Kier molecular flexibility index (Phi) is 3.61. The summed E-state index contributed by atoms with van der Waals surface area (Å²) in [4.78, 5) is 4.41. The minimum Gasteiger partial charge on any atom is -0.263 e. The molecule has 0 saturated heterocycles. The fourth-order valence-corrected chi connectivity index (χ4v) is 1.90. The molecule has 3 nitrogen and oxygen atoms in total. The molecule has 0 bridgehead atoms. The third kappa shape index (κ3) is 2.44. The van der Waals surface area contributed by atoms with Crippen molar-refractivity contribution >= 4 is 27.5 Å². The second kappa shape index (κ2) is 4.97. The van der Waals surface area contributed by atoms with E-state index in [1.807, 2.05) is 18.2 Å². The van der Waals surface area contributed by atoms with Crippen LogP contribution < -0.4 is 0 Å². The fourth-order valence-electron chi connectivity index (χ4n) is 1.41. The van der Waals surface area contributed by atoms with Gasteiger partial charge in [-0.25, -0.2) is 4.98 Å². The van der Waals surface area contributed by atoms with Crippen LogP contribution >= 0.6 is 27.5 Å². The van der Waals surface area contributed by atoms with Crippen LogP contribution in [0, 0.1) is 0 Å². The van der Waals surface area contributed by atoms with Crippen LogP contribution in [-0.4, -0.2) is 15.2 Å². The summed E-state index contributed by atoms with van der Waals surface area (Å²) in [5.41, 5.74) is 0.954. The molecule has 0 radical (unpaired) electrons. The van der Waals surface area contributed by atoms with Gasteiger partial charge in [-0.05, 0) is 40.5 Å². The largest absolute Gasteiger partial charge is 0.263 e. The van der Waals surface area contributed by atoms with Crippen LogP contribution in [-0.2, 0) is 6.42 Å². The van der Waals surface area contributed by atoms with Crippen LogP contribution in [0.4, 0.5) is 0 Å². The van der Waals surface area contributed by atoms with Gasteiger partial charge >= 0.3 is 0 Å². The Bertz CT molecular complexity index is 496. The van der Waals surface area contributed by atoms with Gasteiger partial charge in [0.25, 0.3) is 0 Å². The molecule has 2 rings (SSSR count). The number of halogens is 2. The number of nitrogens with one attached hydrogen (secondary N) is 1. The number of hydrogen-bond acceptors (Lipinski definition) is 2. The molecule has 5 heteroatoms. The number of aromatic nitrogens is 3. The quantitative estimate of drug-likeness (QED) is 0.935. The highest BCUT2D eigenvalue weighted by molar-refractivity contribution is 9.10. The summed E-state index contributed by atoms with van der Waals surface area (Å²) < 4.78 is 0.855. The first-order chi connectivity index (χ1) is 7.70. The average molecular weight is 301 g/mol. The molecule has 0 unspecified atom stereocenters. The average Bonchev–Trinajstić information content (AvgIpc) is 2.71. The molecule has 0 fully saturated rings. The van der Waals surface area contributed by atoms with Crippen molar-refractivity contribution in [2.45, 2.75) is 19.8 Å². The summed E-state index contributed by atoms with van der Waals surface area (Å²) in [6, 6.07) is 5.66. The van der Waals surface area contributed by atoms with E-state index < -0.39 is 0 Å². The van der Waals surface area contributed by atoms with Crippen LogP contribution in [0.2, 0.25) is 5.02 Å². The Hall–Kier alpha value is -0.870. The molecule has 0 saturated carbocycles. The molecular weight excluding hydrogens is 289 g/mol. The van der Waals surface area contributed by atoms with Gasteiger partial charge in [-0.1, -0.05) is 18.5 Å². The molecule has 16 heavy (non-hydrogen) atoms. The highest BCUT2D eigenvalue weighted by atomic mass is 79.9. The molecule has 1 aromatic heterocycles. The van der Waals surface area contributed by atoms with E-state index in [4.69, 9.17) is 11.6 Å². The number of benzene rings is 1. The van der Waals surface area contributed by atoms with Crippen LogP contribution in [0.25, 0.3) is 11.4 Å². The van der Waals surface area contributed by atoms with Gasteiger partial charge in [0, 0.05) is 16.5 Å². The Balaban J connectivity index is 2.31. The van der Waals surface area contributed by atoms with E-state index in [0.29, 0.717) is 10.8 Å². The number of aryl methyl sites for hydroxylation is 1. The van der Waals surface area contributed by atoms with Gasteiger partial charge in [0.1, 0.15) is 5.82 Å². The molecule has 0 aliphatic rings. The van der Waals surface area contributed by atoms with Gasteiger partial charge < -0.3 is 0 Å². The zero-order chi connectivity index (χ0) is 11.5. The van der Waals surface area contributed by atoms with Crippen LogP contribution in [0.5, 0.6) is 0 Å². The van der Waals surface area contributed by atoms with Crippen molar-refractivity contribution in [1.29, 1.82) is 0 Å². The van der Waals surface area contributed by atoms with Crippen molar-refractivity contribution in [3.05, 3.63) is 33.5 Å². The van der Waals surface area contributed by atoms with Gasteiger partial charge in [-0.15, -0.1) is 0 Å². The van der Waals surface area contributed by atoms with Crippen molar-refractivity contribution in [1.82, 2.24) is 15.2 Å². The lowest BCUT2D eigenvalue weighted by atomic mass is 10.2. The molecule has 0 amide bonds. The van der Waals surface area contributed by atoms with E-state index in [0.717, 1.165) is 28.7 Å². The molecular formula is C11H11BrClN3. The van der Waals surface area contributed by atoms with Gasteiger partial charge in [0.05, 0.1) is 5.02 Å². The van der Waals surface area contributed by atoms with E-state index in [9.17, 15) is 0 Å². The van der Waals surface area contributed by atoms with Crippen LogP contribution in [0.15, 0.2) is 22.7 Å². The number of H-pyrrole nitrogens is 1. The van der Waals surface area contributed by atoms with Gasteiger partial charge in [0.2, 0.25) is 0 Å². The lowest BCUT2D eigenvalue weighted by Gasteiger charge is -1.98. The van der Waals surface area contributed by atoms with E-state index in [-0.39, 0.29) is 0 Å². The van der Waals surface area contributed by atoms with Crippen molar-refractivity contribution in [3.63, 3.8) is 0 Å². The smallest absolute Gasteiger partial charge is 0.181 e. The molecule has 0 aliphatic carbocycles. The maximum atomic E-state index is 5.93. The third-order valence-electron chi connectivity index (χ3n) is 2.20. The minimum atomic E-state index is 0.688. The normalized spacial score (nSPS) is 10.7. The molecule has 84 valence electrons. The Labute approximate surface area is 107 Å². The Morgan fingerprint density at radius 2 is 2.25 bits per heavy atom. The predicted molar refractivity (Wildman–Crippen MR) is 68.5 cm³/mol. The molecule has 0 aliphatic heterocycles. The maximum absolute atomic E-state index is 5.93. The highest BCUT2D eigenvalue weighted by Crippen LogP contribution is 2.27. The van der Waals surface area contributed by atoms with Crippen molar-refractivity contribution in [3.8, 4) is 11.4 Å². The van der Waals surface area contributed by atoms with Gasteiger partial charge in [0.15, 0.2) is 5.82 Å². The van der Waals surface area contributed by atoms with E-state index in [2.05, 4.69) is 38.0 Å². The first-order valence-electron chi connectivity index (χ1n) is 5.07. The number of nitrogens with zero attached hydrogens (tertiary/aromatic N) is 2. The SMILES string of the molecule is CCCc1nc(-c2ccc(Cl)c(Br)c2)n[nH]1. The molecule has 1 N–H and O–H groups in total. The second-order valence-electron chi connectivity index (χ2n) is 3.48. The van der Waals surface area contributed by atoms with E-state index in [1.165, 1.54) is 0 Å². The number of hydrogen-bond donors (Lipinski definition) is 1. The number of rotatable bonds is 3. The van der Waals surface area contributed by atoms with Gasteiger partial charge in [-0.3, -0.25) is 5.10 Å². The van der Waals surface area contributed by atoms with Gasteiger partial charge in [-0.2, -0.15) is 5.10 Å². The first kappa shape index (κ1) is 11.6. The molecule has 2 aromatic rings.